The summed E-state index contributed by atoms with van der Waals surface area (Å²) in [6.07, 6.45) is 3.15. The molecular weight excluding hydrogens is 344 g/mol. The van der Waals surface area contributed by atoms with Gasteiger partial charge in [-0.3, -0.25) is 4.79 Å². The Labute approximate surface area is 158 Å². The summed E-state index contributed by atoms with van der Waals surface area (Å²) in [6, 6.07) is 12.7. The zero-order chi connectivity index (χ0) is 19.2. The second kappa shape index (κ2) is 8.35. The zero-order valence-corrected chi connectivity index (χ0v) is 15.5. The van der Waals surface area contributed by atoms with Gasteiger partial charge in [-0.1, -0.05) is 12.1 Å². The van der Waals surface area contributed by atoms with Gasteiger partial charge in [0.2, 0.25) is 0 Å². The lowest BCUT2D eigenvalue weighted by Gasteiger charge is -2.18. The van der Waals surface area contributed by atoms with Gasteiger partial charge in [-0.25, -0.2) is 9.67 Å². The molecule has 0 radical (unpaired) electrons. The van der Waals surface area contributed by atoms with Crippen molar-refractivity contribution in [2.24, 2.45) is 0 Å². The van der Waals surface area contributed by atoms with Crippen LogP contribution in [0.3, 0.4) is 0 Å². The van der Waals surface area contributed by atoms with Crippen LogP contribution in [0, 0.1) is 0 Å². The van der Waals surface area contributed by atoms with Crippen LogP contribution in [0.25, 0.3) is 0 Å². The van der Waals surface area contributed by atoms with E-state index in [1.54, 1.807) is 37.4 Å². The van der Waals surface area contributed by atoms with Crippen molar-refractivity contribution in [1.29, 1.82) is 0 Å². The SMILES string of the molecule is COc1ccc(OC)c(C(C)NC(=O)c2ccc(Cn3cncn3)cc2)c1. The highest BCUT2D eigenvalue weighted by Gasteiger charge is 2.16. The number of nitrogens with zero attached hydrogens (tertiary/aromatic N) is 3. The summed E-state index contributed by atoms with van der Waals surface area (Å²) in [5.41, 5.74) is 2.48. The second-order valence-electron chi connectivity index (χ2n) is 6.09. The summed E-state index contributed by atoms with van der Waals surface area (Å²) in [5.74, 6) is 1.26. The molecule has 1 N–H and O–H groups in total. The molecule has 27 heavy (non-hydrogen) atoms. The maximum Gasteiger partial charge on any atom is 0.251 e. The molecule has 0 saturated heterocycles. The van der Waals surface area contributed by atoms with Gasteiger partial charge in [-0.15, -0.1) is 0 Å². The molecule has 140 valence electrons. The number of methoxy groups -OCH3 is 2. The summed E-state index contributed by atoms with van der Waals surface area (Å²) >= 11 is 0. The first-order valence-electron chi connectivity index (χ1n) is 8.55. The molecule has 0 fully saturated rings. The van der Waals surface area contributed by atoms with E-state index in [4.69, 9.17) is 9.47 Å². The first-order chi connectivity index (χ1) is 13.1. The van der Waals surface area contributed by atoms with Gasteiger partial charge in [-0.2, -0.15) is 5.10 Å². The largest absolute Gasteiger partial charge is 0.497 e. The second-order valence-corrected chi connectivity index (χ2v) is 6.09. The van der Waals surface area contributed by atoms with Crippen molar-refractivity contribution in [3.8, 4) is 11.5 Å². The molecule has 0 saturated carbocycles. The maximum atomic E-state index is 12.6. The standard InChI is InChI=1S/C20H22N4O3/c1-14(18-10-17(26-2)8-9-19(18)27-3)23-20(25)16-6-4-15(5-7-16)11-24-13-21-12-22-24/h4-10,12-14H,11H2,1-3H3,(H,23,25). The fourth-order valence-electron chi connectivity index (χ4n) is 2.80. The van der Waals surface area contributed by atoms with Crippen LogP contribution in [-0.4, -0.2) is 34.9 Å². The molecule has 1 unspecified atom stereocenters. The van der Waals surface area contributed by atoms with E-state index in [9.17, 15) is 4.79 Å². The third-order valence-electron chi connectivity index (χ3n) is 4.28. The number of hydrogen-bond donors (Lipinski definition) is 1. The summed E-state index contributed by atoms with van der Waals surface area (Å²) in [7, 11) is 3.21. The van der Waals surface area contributed by atoms with Gasteiger partial charge < -0.3 is 14.8 Å². The molecule has 1 amide bonds. The van der Waals surface area contributed by atoms with Crippen LogP contribution < -0.4 is 14.8 Å². The summed E-state index contributed by atoms with van der Waals surface area (Å²) in [5, 5.41) is 7.08. The predicted molar refractivity (Wildman–Crippen MR) is 101 cm³/mol. The van der Waals surface area contributed by atoms with Crippen molar-refractivity contribution in [3.63, 3.8) is 0 Å². The highest BCUT2D eigenvalue weighted by molar-refractivity contribution is 5.94. The molecule has 0 aliphatic rings. The fraction of sp³-hybridized carbons (Fsp3) is 0.250. The van der Waals surface area contributed by atoms with Crippen LogP contribution in [0.5, 0.6) is 11.5 Å². The van der Waals surface area contributed by atoms with Gasteiger partial charge in [0.05, 0.1) is 26.8 Å². The Kier molecular flexibility index (Phi) is 5.71. The third-order valence-corrected chi connectivity index (χ3v) is 4.28. The number of hydrogen-bond acceptors (Lipinski definition) is 5. The molecule has 1 atom stereocenters. The van der Waals surface area contributed by atoms with E-state index in [0.29, 0.717) is 23.6 Å². The third kappa shape index (κ3) is 4.44. The van der Waals surface area contributed by atoms with Crippen molar-refractivity contribution in [3.05, 3.63) is 71.8 Å². The normalized spacial score (nSPS) is 11.7. The first kappa shape index (κ1) is 18.4. The number of benzene rings is 2. The van der Waals surface area contributed by atoms with Gasteiger partial charge in [0.1, 0.15) is 24.2 Å². The number of rotatable bonds is 7. The highest BCUT2D eigenvalue weighted by Crippen LogP contribution is 2.29. The minimum Gasteiger partial charge on any atom is -0.497 e. The molecule has 7 heteroatoms. The van der Waals surface area contributed by atoms with E-state index >= 15 is 0 Å². The van der Waals surface area contributed by atoms with E-state index < -0.39 is 0 Å². The lowest BCUT2D eigenvalue weighted by Crippen LogP contribution is -2.27. The predicted octanol–water partition coefficient (Wildman–Crippen LogP) is 2.83. The number of ether oxygens (including phenoxy) is 2. The van der Waals surface area contributed by atoms with E-state index in [0.717, 1.165) is 11.1 Å². The van der Waals surface area contributed by atoms with Crippen molar-refractivity contribution >= 4 is 5.91 Å². The minimum atomic E-state index is -0.239. The lowest BCUT2D eigenvalue weighted by atomic mass is 10.1. The van der Waals surface area contributed by atoms with E-state index in [-0.39, 0.29) is 11.9 Å². The van der Waals surface area contributed by atoms with Crippen molar-refractivity contribution in [2.45, 2.75) is 19.5 Å². The smallest absolute Gasteiger partial charge is 0.251 e. The van der Waals surface area contributed by atoms with Crippen LogP contribution in [0.2, 0.25) is 0 Å². The molecule has 3 rings (SSSR count). The quantitative estimate of drug-likeness (QED) is 0.696. The van der Waals surface area contributed by atoms with E-state index in [2.05, 4.69) is 15.4 Å². The van der Waals surface area contributed by atoms with Gasteiger partial charge >= 0.3 is 0 Å². The van der Waals surface area contributed by atoms with E-state index in [1.807, 2.05) is 37.3 Å². The molecule has 0 aliphatic heterocycles. The molecule has 0 spiro atoms. The number of nitrogens with one attached hydrogen (secondary N) is 1. The summed E-state index contributed by atoms with van der Waals surface area (Å²) in [4.78, 5) is 16.5. The Morgan fingerprint density at radius 3 is 2.56 bits per heavy atom. The number of aromatic nitrogens is 3. The van der Waals surface area contributed by atoms with Crippen molar-refractivity contribution < 1.29 is 14.3 Å². The van der Waals surface area contributed by atoms with Crippen LogP contribution in [0.15, 0.2) is 55.1 Å². The molecular formula is C20H22N4O3. The Hall–Kier alpha value is -3.35. The van der Waals surface area contributed by atoms with Crippen LogP contribution in [0.4, 0.5) is 0 Å². The molecule has 0 aliphatic carbocycles. The number of carbonyl (C=O) groups excluding carboxylic acids is 1. The molecule has 1 heterocycles. The van der Waals surface area contributed by atoms with E-state index in [1.165, 1.54) is 6.33 Å². The Balaban J connectivity index is 1.69. The Morgan fingerprint density at radius 2 is 1.93 bits per heavy atom. The molecule has 7 nitrogen and oxygen atoms in total. The van der Waals surface area contributed by atoms with Gasteiger partial charge in [0.15, 0.2) is 0 Å². The molecule has 1 aromatic heterocycles. The number of carbonyl (C=O) groups is 1. The molecule has 2 aromatic carbocycles. The maximum absolute atomic E-state index is 12.6. The van der Waals surface area contributed by atoms with Crippen LogP contribution >= 0.6 is 0 Å². The molecule has 0 bridgehead atoms. The van der Waals surface area contributed by atoms with Gasteiger partial charge in [-0.05, 0) is 42.8 Å². The fourth-order valence-corrected chi connectivity index (χ4v) is 2.80. The first-order valence-corrected chi connectivity index (χ1v) is 8.55. The van der Waals surface area contributed by atoms with Crippen LogP contribution in [0.1, 0.15) is 34.5 Å². The Morgan fingerprint density at radius 1 is 1.15 bits per heavy atom. The zero-order valence-electron chi connectivity index (χ0n) is 15.5. The van der Waals surface area contributed by atoms with Crippen LogP contribution in [-0.2, 0) is 6.54 Å². The topological polar surface area (TPSA) is 78.3 Å². The van der Waals surface area contributed by atoms with Gasteiger partial charge in [0, 0.05) is 11.1 Å². The summed E-state index contributed by atoms with van der Waals surface area (Å²) in [6.45, 7) is 2.52. The average Bonchev–Trinajstić information content (AvgIpc) is 3.21. The lowest BCUT2D eigenvalue weighted by molar-refractivity contribution is 0.0939. The Bertz CT molecular complexity index is 892. The minimum absolute atomic E-state index is 0.153. The monoisotopic (exact) mass is 366 g/mol. The van der Waals surface area contributed by atoms with Crippen molar-refractivity contribution in [2.75, 3.05) is 14.2 Å². The number of amides is 1. The molecule has 3 aromatic rings. The summed E-state index contributed by atoms with van der Waals surface area (Å²) < 4.78 is 12.4. The van der Waals surface area contributed by atoms with Gasteiger partial charge in [0.25, 0.3) is 5.91 Å². The highest BCUT2D eigenvalue weighted by atomic mass is 16.5. The van der Waals surface area contributed by atoms with Crippen molar-refractivity contribution in [1.82, 2.24) is 20.1 Å². The average molecular weight is 366 g/mol.